The number of benzene rings is 1. The van der Waals surface area contributed by atoms with Gasteiger partial charge in [0.1, 0.15) is 12.4 Å². The van der Waals surface area contributed by atoms with Crippen molar-refractivity contribution in [3.63, 3.8) is 0 Å². The molecule has 0 saturated carbocycles. The fourth-order valence-electron chi connectivity index (χ4n) is 3.10. The van der Waals surface area contributed by atoms with Gasteiger partial charge in [-0.2, -0.15) is 0 Å². The van der Waals surface area contributed by atoms with Crippen molar-refractivity contribution in [2.45, 2.75) is 20.3 Å². The van der Waals surface area contributed by atoms with Crippen molar-refractivity contribution in [3.8, 4) is 17.0 Å². The van der Waals surface area contributed by atoms with Crippen molar-refractivity contribution < 1.29 is 9.53 Å². The van der Waals surface area contributed by atoms with E-state index in [1.807, 2.05) is 57.4 Å². The number of nitrogens with zero attached hydrogens (tertiary/aromatic N) is 2. The van der Waals surface area contributed by atoms with E-state index in [-0.39, 0.29) is 0 Å². The Bertz CT molecular complexity index is 1000. The number of aryl methyl sites for hydroxylation is 1. The number of pyridine rings is 2. The number of hydrogen-bond acceptors (Lipinski definition) is 5. The van der Waals surface area contributed by atoms with Crippen LogP contribution in [0.15, 0.2) is 42.7 Å². The molecular formula is C23H24ClN3O2. The molecule has 3 rings (SSSR count). The number of carbonyl (C=O) groups excluding carboxylic acids is 1. The fraction of sp³-hybridized carbons (Fsp3) is 0.261. The second-order valence-electron chi connectivity index (χ2n) is 6.88. The van der Waals surface area contributed by atoms with Gasteiger partial charge in [0.15, 0.2) is 6.29 Å². The van der Waals surface area contributed by atoms with Gasteiger partial charge in [-0.15, -0.1) is 0 Å². The van der Waals surface area contributed by atoms with Crippen molar-refractivity contribution in [2.24, 2.45) is 0 Å². The SMILES string of the molecule is CNCCOc1c(C=O)cc(Cc2ccc(-c3ccnc(C)c3)nc2)c(C)c1Cl. The van der Waals surface area contributed by atoms with Crippen molar-refractivity contribution in [2.75, 3.05) is 20.2 Å². The van der Waals surface area contributed by atoms with Crippen LogP contribution in [-0.2, 0) is 6.42 Å². The van der Waals surface area contributed by atoms with E-state index in [0.29, 0.717) is 35.9 Å². The van der Waals surface area contributed by atoms with Crippen LogP contribution in [-0.4, -0.2) is 36.5 Å². The van der Waals surface area contributed by atoms with Gasteiger partial charge in [-0.25, -0.2) is 0 Å². The largest absolute Gasteiger partial charge is 0.490 e. The normalized spacial score (nSPS) is 10.8. The molecule has 0 bridgehead atoms. The van der Waals surface area contributed by atoms with E-state index in [0.717, 1.165) is 39.9 Å². The molecule has 3 aromatic rings. The smallest absolute Gasteiger partial charge is 0.153 e. The lowest BCUT2D eigenvalue weighted by Gasteiger charge is -2.16. The Morgan fingerprint density at radius 1 is 1.17 bits per heavy atom. The molecule has 2 heterocycles. The first-order valence-corrected chi connectivity index (χ1v) is 9.83. The average Bonchev–Trinajstić information content (AvgIpc) is 2.73. The zero-order valence-electron chi connectivity index (χ0n) is 16.8. The molecule has 29 heavy (non-hydrogen) atoms. The number of ether oxygens (including phenoxy) is 1. The molecular weight excluding hydrogens is 386 g/mol. The summed E-state index contributed by atoms with van der Waals surface area (Å²) in [5, 5.41) is 3.49. The second kappa shape index (κ2) is 9.63. The van der Waals surface area contributed by atoms with Crippen molar-refractivity contribution in [3.05, 3.63) is 75.7 Å². The molecule has 2 aromatic heterocycles. The summed E-state index contributed by atoms with van der Waals surface area (Å²) in [6.07, 6.45) is 5.06. The van der Waals surface area contributed by atoms with Gasteiger partial charge < -0.3 is 10.1 Å². The van der Waals surface area contributed by atoms with E-state index < -0.39 is 0 Å². The number of nitrogens with one attached hydrogen (secondary N) is 1. The molecule has 0 atom stereocenters. The van der Waals surface area contributed by atoms with Crippen LogP contribution in [0.1, 0.15) is 32.7 Å². The van der Waals surface area contributed by atoms with Gasteiger partial charge in [-0.3, -0.25) is 14.8 Å². The molecule has 0 saturated heterocycles. The topological polar surface area (TPSA) is 64.1 Å². The first-order valence-electron chi connectivity index (χ1n) is 9.46. The van der Waals surface area contributed by atoms with E-state index in [1.165, 1.54) is 0 Å². The number of hydrogen-bond donors (Lipinski definition) is 1. The Balaban J connectivity index is 1.84. The molecule has 0 radical (unpaired) electrons. The lowest BCUT2D eigenvalue weighted by atomic mass is 9.98. The third-order valence-electron chi connectivity index (χ3n) is 4.74. The first-order chi connectivity index (χ1) is 14.0. The maximum atomic E-state index is 11.6. The minimum absolute atomic E-state index is 0.440. The molecule has 1 aromatic carbocycles. The number of likely N-dealkylation sites (N-methyl/N-ethyl adjacent to an activating group) is 1. The minimum atomic E-state index is 0.440. The predicted octanol–water partition coefficient (Wildman–Crippen LogP) is 4.42. The number of halogens is 1. The van der Waals surface area contributed by atoms with Gasteiger partial charge in [0.05, 0.1) is 16.3 Å². The van der Waals surface area contributed by atoms with E-state index in [9.17, 15) is 4.79 Å². The number of rotatable bonds is 8. The molecule has 0 spiro atoms. The van der Waals surface area contributed by atoms with Gasteiger partial charge in [0, 0.05) is 30.2 Å². The zero-order valence-corrected chi connectivity index (χ0v) is 17.6. The molecule has 0 aliphatic rings. The molecule has 0 amide bonds. The van der Waals surface area contributed by atoms with E-state index >= 15 is 0 Å². The van der Waals surface area contributed by atoms with Crippen LogP contribution < -0.4 is 10.1 Å². The quantitative estimate of drug-likeness (QED) is 0.441. The first kappa shape index (κ1) is 21.0. The summed E-state index contributed by atoms with van der Waals surface area (Å²) in [5.74, 6) is 0.444. The van der Waals surface area contributed by atoms with Crippen LogP contribution in [0.3, 0.4) is 0 Å². The van der Waals surface area contributed by atoms with Crippen LogP contribution in [0.4, 0.5) is 0 Å². The maximum absolute atomic E-state index is 11.6. The average molecular weight is 410 g/mol. The molecule has 0 aliphatic heterocycles. The van der Waals surface area contributed by atoms with Gasteiger partial charge in [-0.05, 0) is 68.3 Å². The monoisotopic (exact) mass is 409 g/mol. The highest BCUT2D eigenvalue weighted by Crippen LogP contribution is 2.34. The van der Waals surface area contributed by atoms with Crippen molar-refractivity contribution in [1.29, 1.82) is 0 Å². The number of aldehydes is 1. The minimum Gasteiger partial charge on any atom is -0.490 e. The molecule has 6 heteroatoms. The Morgan fingerprint density at radius 2 is 2.00 bits per heavy atom. The highest BCUT2D eigenvalue weighted by atomic mass is 35.5. The Kier molecular flexibility index (Phi) is 6.96. The lowest BCUT2D eigenvalue weighted by molar-refractivity contribution is 0.111. The van der Waals surface area contributed by atoms with E-state index in [2.05, 4.69) is 15.3 Å². The van der Waals surface area contributed by atoms with Gasteiger partial charge >= 0.3 is 0 Å². The molecule has 0 aliphatic carbocycles. The predicted molar refractivity (Wildman–Crippen MR) is 116 cm³/mol. The summed E-state index contributed by atoms with van der Waals surface area (Å²) in [4.78, 5) is 20.4. The van der Waals surface area contributed by atoms with Gasteiger partial charge in [0.2, 0.25) is 0 Å². The summed E-state index contributed by atoms with van der Waals surface area (Å²) in [7, 11) is 1.84. The van der Waals surface area contributed by atoms with E-state index in [4.69, 9.17) is 16.3 Å². The van der Waals surface area contributed by atoms with E-state index in [1.54, 1.807) is 6.20 Å². The van der Waals surface area contributed by atoms with Crippen LogP contribution >= 0.6 is 11.6 Å². The zero-order chi connectivity index (χ0) is 20.8. The number of aromatic nitrogens is 2. The second-order valence-corrected chi connectivity index (χ2v) is 7.26. The third-order valence-corrected chi connectivity index (χ3v) is 5.19. The summed E-state index contributed by atoms with van der Waals surface area (Å²) in [6, 6.07) is 9.85. The summed E-state index contributed by atoms with van der Waals surface area (Å²) in [5.41, 5.74) is 6.28. The highest BCUT2D eigenvalue weighted by molar-refractivity contribution is 6.33. The Hall–Kier alpha value is -2.76. The lowest BCUT2D eigenvalue weighted by Crippen LogP contribution is -2.17. The van der Waals surface area contributed by atoms with Crippen LogP contribution in [0.2, 0.25) is 5.02 Å². The summed E-state index contributed by atoms with van der Waals surface area (Å²) < 4.78 is 5.72. The number of carbonyl (C=O) groups is 1. The van der Waals surface area contributed by atoms with Crippen LogP contribution in [0.5, 0.6) is 5.75 Å². The van der Waals surface area contributed by atoms with Crippen LogP contribution in [0.25, 0.3) is 11.3 Å². The Labute approximate surface area is 176 Å². The summed E-state index contributed by atoms with van der Waals surface area (Å²) in [6.45, 7) is 5.01. The van der Waals surface area contributed by atoms with Crippen LogP contribution in [0, 0.1) is 13.8 Å². The van der Waals surface area contributed by atoms with Crippen molar-refractivity contribution in [1.82, 2.24) is 15.3 Å². The maximum Gasteiger partial charge on any atom is 0.153 e. The summed E-state index contributed by atoms with van der Waals surface area (Å²) >= 11 is 6.52. The van der Waals surface area contributed by atoms with Gasteiger partial charge in [0.25, 0.3) is 0 Å². The molecule has 0 fully saturated rings. The highest BCUT2D eigenvalue weighted by Gasteiger charge is 2.16. The fourth-order valence-corrected chi connectivity index (χ4v) is 3.38. The molecule has 5 nitrogen and oxygen atoms in total. The van der Waals surface area contributed by atoms with Gasteiger partial charge in [-0.1, -0.05) is 17.7 Å². The molecule has 1 N–H and O–H groups in total. The standard InChI is InChI=1S/C23H24ClN3O2/c1-15-10-18(6-7-26-15)21-5-4-17(13-27-21)11-19-12-20(14-28)23(22(24)16(19)2)29-9-8-25-3/h4-7,10,12-14,25H,8-9,11H2,1-3H3. The molecule has 150 valence electrons. The van der Waals surface area contributed by atoms with Crippen molar-refractivity contribution >= 4 is 17.9 Å². The third kappa shape index (κ3) is 5.00. The Morgan fingerprint density at radius 3 is 2.66 bits per heavy atom. The molecule has 0 unspecified atom stereocenters.